The molecule has 1 rings (SSSR count). The Morgan fingerprint density at radius 1 is 1.56 bits per heavy atom. The molecular formula is C8H7F2N3O2S. The molecule has 0 unspecified atom stereocenters. The van der Waals surface area contributed by atoms with Crippen LogP contribution in [0.15, 0.2) is 11.0 Å². The summed E-state index contributed by atoms with van der Waals surface area (Å²) in [6, 6.07) is 2.37. The Balaban J connectivity index is 3.65. The van der Waals surface area contributed by atoms with Crippen molar-refractivity contribution in [3.05, 3.63) is 23.0 Å². The topological polar surface area (TPSA) is 96.8 Å². The largest absolute Gasteiger partial charge is 0.280 e. The number of halogens is 2. The average Bonchev–Trinajstić information content (AvgIpc) is 2.15. The van der Waals surface area contributed by atoms with Gasteiger partial charge in [-0.05, 0) is 18.6 Å². The summed E-state index contributed by atoms with van der Waals surface area (Å²) in [5.74, 6) is 0. The molecule has 5 nitrogen and oxygen atoms in total. The molecule has 0 amide bonds. The van der Waals surface area contributed by atoms with Gasteiger partial charge in [0.15, 0.2) is 0 Å². The lowest BCUT2D eigenvalue weighted by molar-refractivity contribution is 0.144. The molecule has 86 valence electrons. The smallest absolute Gasteiger partial charge is 0.236 e. The summed E-state index contributed by atoms with van der Waals surface area (Å²) in [7, 11) is -4.15. The zero-order valence-corrected chi connectivity index (χ0v) is 8.92. The molecule has 0 saturated heterocycles. The van der Waals surface area contributed by atoms with E-state index in [1.54, 1.807) is 0 Å². The van der Waals surface area contributed by atoms with Crippen LogP contribution in [0, 0.1) is 18.3 Å². The summed E-state index contributed by atoms with van der Waals surface area (Å²) in [5, 5.41) is 13.4. The molecule has 16 heavy (non-hydrogen) atoms. The summed E-state index contributed by atoms with van der Waals surface area (Å²) in [6.45, 7) is 1.16. The van der Waals surface area contributed by atoms with Gasteiger partial charge in [-0.3, -0.25) is 0 Å². The molecule has 0 fully saturated rings. The van der Waals surface area contributed by atoms with E-state index in [1.165, 1.54) is 6.07 Å². The third kappa shape index (κ3) is 2.32. The lowest BCUT2D eigenvalue weighted by Crippen LogP contribution is -2.16. The predicted molar refractivity (Wildman–Crippen MR) is 50.0 cm³/mol. The van der Waals surface area contributed by atoms with E-state index in [4.69, 9.17) is 10.4 Å². The average molecular weight is 247 g/mol. The van der Waals surface area contributed by atoms with E-state index in [-0.39, 0.29) is 5.56 Å². The second kappa shape index (κ2) is 4.11. The van der Waals surface area contributed by atoms with Gasteiger partial charge in [-0.15, -0.1) is 0 Å². The molecule has 0 aliphatic carbocycles. The SMILES string of the molecule is Cc1c(S(N)(=O)=O)cc(C#N)nc1C(F)F. The van der Waals surface area contributed by atoms with E-state index in [0.29, 0.717) is 0 Å². The number of alkyl halides is 2. The summed E-state index contributed by atoms with van der Waals surface area (Å²) < 4.78 is 47.2. The Bertz CT molecular complexity index is 563. The fraction of sp³-hybridized carbons (Fsp3) is 0.250. The van der Waals surface area contributed by atoms with Crippen LogP contribution in [0.25, 0.3) is 0 Å². The van der Waals surface area contributed by atoms with E-state index in [2.05, 4.69) is 4.98 Å². The standard InChI is InChI=1S/C8H7F2N3O2S/c1-4-6(16(12,14)15)2-5(3-11)13-7(4)8(9)10/h2,8H,1H3,(H2,12,14,15). The third-order valence-electron chi connectivity index (χ3n) is 1.89. The lowest BCUT2D eigenvalue weighted by atomic mass is 10.2. The van der Waals surface area contributed by atoms with Crippen molar-refractivity contribution in [1.29, 1.82) is 5.26 Å². The molecule has 0 radical (unpaired) electrons. The predicted octanol–water partition coefficient (Wildman–Crippen LogP) is 0.847. The molecule has 0 aromatic carbocycles. The first-order valence-corrected chi connectivity index (χ1v) is 5.54. The summed E-state index contributed by atoms with van der Waals surface area (Å²) in [4.78, 5) is 2.83. The third-order valence-corrected chi connectivity index (χ3v) is 2.93. The Morgan fingerprint density at radius 2 is 2.12 bits per heavy atom. The maximum atomic E-state index is 12.5. The Morgan fingerprint density at radius 3 is 2.50 bits per heavy atom. The van der Waals surface area contributed by atoms with Gasteiger partial charge in [-0.2, -0.15) is 5.26 Å². The second-order valence-corrected chi connectivity index (χ2v) is 4.50. The van der Waals surface area contributed by atoms with Gasteiger partial charge in [-0.25, -0.2) is 27.3 Å². The highest BCUT2D eigenvalue weighted by Gasteiger charge is 2.22. The van der Waals surface area contributed by atoms with E-state index in [0.717, 1.165) is 13.0 Å². The molecular weight excluding hydrogens is 240 g/mol. The van der Waals surface area contributed by atoms with Crippen LogP contribution in [0.1, 0.15) is 23.4 Å². The molecule has 0 atom stereocenters. The maximum absolute atomic E-state index is 12.5. The first-order valence-electron chi connectivity index (χ1n) is 4.00. The van der Waals surface area contributed by atoms with Crippen molar-refractivity contribution in [2.24, 2.45) is 5.14 Å². The van der Waals surface area contributed by atoms with Gasteiger partial charge < -0.3 is 0 Å². The highest BCUT2D eigenvalue weighted by atomic mass is 32.2. The van der Waals surface area contributed by atoms with Crippen LogP contribution in [-0.2, 0) is 10.0 Å². The van der Waals surface area contributed by atoms with Crippen LogP contribution in [0.3, 0.4) is 0 Å². The second-order valence-electron chi connectivity index (χ2n) is 2.97. The summed E-state index contributed by atoms with van der Waals surface area (Å²) >= 11 is 0. The number of pyridine rings is 1. The van der Waals surface area contributed by atoms with Crippen LogP contribution in [0.4, 0.5) is 8.78 Å². The summed E-state index contributed by atoms with van der Waals surface area (Å²) in [6.07, 6.45) is -2.96. The van der Waals surface area contributed by atoms with E-state index >= 15 is 0 Å². The van der Waals surface area contributed by atoms with Crippen LogP contribution in [0.2, 0.25) is 0 Å². The van der Waals surface area contributed by atoms with Crippen LogP contribution < -0.4 is 5.14 Å². The summed E-state index contributed by atoms with van der Waals surface area (Å²) in [5.41, 5.74) is -1.40. The minimum Gasteiger partial charge on any atom is -0.236 e. The molecule has 0 spiro atoms. The quantitative estimate of drug-likeness (QED) is 0.837. The van der Waals surface area contributed by atoms with Gasteiger partial charge in [0.2, 0.25) is 10.0 Å². The molecule has 0 saturated carbocycles. The van der Waals surface area contributed by atoms with E-state index in [1.807, 2.05) is 0 Å². The molecule has 8 heteroatoms. The van der Waals surface area contributed by atoms with Gasteiger partial charge in [0.1, 0.15) is 17.5 Å². The molecule has 1 aromatic rings. The Hall–Kier alpha value is -1.59. The first kappa shape index (κ1) is 12.5. The number of sulfonamides is 1. The molecule has 0 aliphatic rings. The van der Waals surface area contributed by atoms with Crippen molar-refractivity contribution in [3.8, 4) is 6.07 Å². The number of hydrogen-bond donors (Lipinski definition) is 1. The molecule has 1 heterocycles. The van der Waals surface area contributed by atoms with E-state index in [9.17, 15) is 17.2 Å². The number of hydrogen-bond acceptors (Lipinski definition) is 4. The molecule has 0 bridgehead atoms. The number of nitriles is 1. The van der Waals surface area contributed by atoms with Crippen molar-refractivity contribution in [3.63, 3.8) is 0 Å². The first-order chi connectivity index (χ1) is 7.27. The van der Waals surface area contributed by atoms with Gasteiger partial charge in [0.05, 0.1) is 4.90 Å². The minimum absolute atomic E-state index is 0.239. The maximum Gasteiger partial charge on any atom is 0.280 e. The Kier molecular flexibility index (Phi) is 3.21. The van der Waals surface area contributed by atoms with Crippen molar-refractivity contribution in [2.45, 2.75) is 18.2 Å². The molecule has 2 N–H and O–H groups in total. The van der Waals surface area contributed by atoms with Crippen molar-refractivity contribution in [2.75, 3.05) is 0 Å². The van der Waals surface area contributed by atoms with Crippen molar-refractivity contribution >= 4 is 10.0 Å². The van der Waals surface area contributed by atoms with Crippen molar-refractivity contribution < 1.29 is 17.2 Å². The van der Waals surface area contributed by atoms with Crippen LogP contribution in [0.5, 0.6) is 0 Å². The highest BCUT2D eigenvalue weighted by molar-refractivity contribution is 7.89. The number of aromatic nitrogens is 1. The fourth-order valence-corrected chi connectivity index (χ4v) is 1.98. The van der Waals surface area contributed by atoms with Crippen LogP contribution >= 0.6 is 0 Å². The Labute approximate surface area is 90.6 Å². The number of primary sulfonamides is 1. The molecule has 0 aliphatic heterocycles. The van der Waals surface area contributed by atoms with Crippen LogP contribution in [-0.4, -0.2) is 13.4 Å². The zero-order valence-electron chi connectivity index (χ0n) is 8.11. The zero-order chi connectivity index (χ0) is 12.5. The minimum atomic E-state index is -4.15. The highest BCUT2D eigenvalue weighted by Crippen LogP contribution is 2.25. The van der Waals surface area contributed by atoms with E-state index < -0.39 is 32.7 Å². The number of rotatable bonds is 2. The van der Waals surface area contributed by atoms with Gasteiger partial charge >= 0.3 is 0 Å². The number of nitrogens with two attached hydrogens (primary N) is 1. The monoisotopic (exact) mass is 247 g/mol. The van der Waals surface area contributed by atoms with Gasteiger partial charge in [0.25, 0.3) is 6.43 Å². The van der Waals surface area contributed by atoms with Gasteiger partial charge in [0, 0.05) is 0 Å². The molecule has 1 aromatic heterocycles. The van der Waals surface area contributed by atoms with Gasteiger partial charge in [-0.1, -0.05) is 0 Å². The normalized spacial score (nSPS) is 11.5. The lowest BCUT2D eigenvalue weighted by Gasteiger charge is -2.08. The fourth-order valence-electron chi connectivity index (χ4n) is 1.17. The van der Waals surface area contributed by atoms with Crippen molar-refractivity contribution in [1.82, 2.24) is 4.98 Å². The number of nitrogens with zero attached hydrogens (tertiary/aromatic N) is 2.